The number of benzene rings is 2. The van der Waals surface area contributed by atoms with Gasteiger partial charge >= 0.3 is 5.97 Å². The van der Waals surface area contributed by atoms with Crippen molar-refractivity contribution in [2.24, 2.45) is 0 Å². The fraction of sp³-hybridized carbons (Fsp3) is 0.100. The molecule has 0 spiro atoms. The van der Waals surface area contributed by atoms with Crippen LogP contribution in [0.1, 0.15) is 61.1 Å². The van der Waals surface area contributed by atoms with Crippen LogP contribution in [0.4, 0.5) is 0 Å². The van der Waals surface area contributed by atoms with E-state index in [9.17, 15) is 14.4 Å². The number of ether oxygens (including phenoxy) is 1. The van der Waals surface area contributed by atoms with E-state index < -0.39 is 12.1 Å². The number of hydrogen-bond donors (Lipinski definition) is 1. The molecular weight excluding hydrogens is 332 g/mol. The van der Waals surface area contributed by atoms with Crippen LogP contribution in [0, 0.1) is 0 Å². The van der Waals surface area contributed by atoms with E-state index >= 15 is 0 Å². The number of nitrogens with one attached hydrogen (secondary N) is 1. The predicted molar refractivity (Wildman–Crippen MR) is 92.2 cm³/mol. The van der Waals surface area contributed by atoms with Gasteiger partial charge in [0.15, 0.2) is 11.6 Å². The maximum absolute atomic E-state index is 12.8. The Morgan fingerprint density at radius 1 is 1.00 bits per heavy atom. The van der Waals surface area contributed by atoms with Crippen molar-refractivity contribution < 1.29 is 19.1 Å². The summed E-state index contributed by atoms with van der Waals surface area (Å²) in [5.74, 6) is -0.869. The van der Waals surface area contributed by atoms with Crippen molar-refractivity contribution in [2.45, 2.75) is 13.0 Å². The monoisotopic (exact) mass is 346 g/mol. The second-order valence-corrected chi connectivity index (χ2v) is 5.99. The average Bonchev–Trinajstić information content (AvgIpc) is 3.20. The zero-order valence-corrected chi connectivity index (χ0v) is 13.9. The molecule has 128 valence electrons. The first kappa shape index (κ1) is 16.0. The summed E-state index contributed by atoms with van der Waals surface area (Å²) in [7, 11) is 0. The number of aromatic nitrogens is 2. The molecule has 1 aliphatic carbocycles. The van der Waals surface area contributed by atoms with Crippen LogP contribution in [0.25, 0.3) is 0 Å². The normalized spacial score (nSPS) is 13.7. The smallest absolute Gasteiger partial charge is 0.374 e. The van der Waals surface area contributed by atoms with E-state index in [0.717, 1.165) is 0 Å². The van der Waals surface area contributed by atoms with Gasteiger partial charge in [0.2, 0.25) is 5.82 Å². The lowest BCUT2D eigenvalue weighted by Gasteiger charge is -2.20. The third-order valence-electron chi connectivity index (χ3n) is 4.39. The number of carbonyl (C=O) groups excluding carboxylic acids is 3. The van der Waals surface area contributed by atoms with Crippen molar-refractivity contribution in [3.8, 4) is 0 Å². The lowest BCUT2D eigenvalue weighted by Crippen LogP contribution is -2.21. The highest BCUT2D eigenvalue weighted by Crippen LogP contribution is 2.30. The van der Waals surface area contributed by atoms with Crippen LogP contribution in [-0.4, -0.2) is 27.5 Å². The lowest BCUT2D eigenvalue weighted by molar-refractivity contribution is 0.0324. The summed E-state index contributed by atoms with van der Waals surface area (Å²) < 4.78 is 5.37. The fourth-order valence-corrected chi connectivity index (χ4v) is 3.03. The molecule has 4 rings (SSSR count). The van der Waals surface area contributed by atoms with Crippen molar-refractivity contribution in [3.63, 3.8) is 0 Å². The van der Waals surface area contributed by atoms with Gasteiger partial charge in [-0.25, -0.2) is 9.78 Å². The second kappa shape index (κ2) is 6.07. The van der Waals surface area contributed by atoms with Gasteiger partial charge < -0.3 is 9.72 Å². The van der Waals surface area contributed by atoms with Crippen molar-refractivity contribution in [2.75, 3.05) is 0 Å². The molecule has 0 amide bonds. The van der Waals surface area contributed by atoms with Gasteiger partial charge in [0.25, 0.3) is 0 Å². The molecule has 0 saturated carbocycles. The zero-order valence-electron chi connectivity index (χ0n) is 13.9. The summed E-state index contributed by atoms with van der Waals surface area (Å²) in [6, 6.07) is 11.7. The number of fused-ring (bicyclic) bond motifs is 2. The minimum atomic E-state index is -0.599. The van der Waals surface area contributed by atoms with Crippen LogP contribution >= 0.6 is 0 Å². The van der Waals surface area contributed by atoms with Crippen molar-refractivity contribution in [1.29, 1.82) is 0 Å². The molecule has 2 aromatic carbocycles. The number of ketones is 2. The maximum Gasteiger partial charge on any atom is 0.374 e. The van der Waals surface area contributed by atoms with Crippen molar-refractivity contribution in [1.82, 2.24) is 9.97 Å². The Hall–Kier alpha value is -3.54. The lowest BCUT2D eigenvalue weighted by atomic mass is 9.83. The molecule has 0 bridgehead atoms. The van der Waals surface area contributed by atoms with Gasteiger partial charge in [0.05, 0.1) is 0 Å². The molecule has 1 atom stereocenters. The molecule has 3 aromatic rings. The first-order valence-corrected chi connectivity index (χ1v) is 8.09. The Kier molecular flexibility index (Phi) is 3.73. The van der Waals surface area contributed by atoms with Gasteiger partial charge in [-0.05, 0) is 24.6 Å². The fourth-order valence-electron chi connectivity index (χ4n) is 3.03. The predicted octanol–water partition coefficient (Wildman–Crippen LogP) is 3.10. The topological polar surface area (TPSA) is 89.1 Å². The van der Waals surface area contributed by atoms with E-state index in [1.165, 1.54) is 12.4 Å². The summed E-state index contributed by atoms with van der Waals surface area (Å²) in [4.78, 5) is 43.9. The van der Waals surface area contributed by atoms with E-state index in [0.29, 0.717) is 27.8 Å². The van der Waals surface area contributed by atoms with Crippen LogP contribution in [0.3, 0.4) is 0 Å². The molecule has 1 aliphatic rings. The molecule has 6 nitrogen and oxygen atoms in total. The van der Waals surface area contributed by atoms with E-state index in [1.54, 1.807) is 49.4 Å². The molecule has 1 N–H and O–H groups in total. The highest BCUT2D eigenvalue weighted by atomic mass is 16.5. The number of carbonyl (C=O) groups is 3. The number of aromatic amines is 1. The largest absolute Gasteiger partial charge is 0.452 e. The number of nitrogens with zero attached hydrogens (tertiary/aromatic N) is 1. The Bertz CT molecular complexity index is 1040. The third-order valence-corrected chi connectivity index (χ3v) is 4.39. The summed E-state index contributed by atoms with van der Waals surface area (Å²) in [5, 5.41) is 0. The van der Waals surface area contributed by atoms with Crippen LogP contribution in [0.15, 0.2) is 54.9 Å². The molecule has 1 unspecified atom stereocenters. The molecule has 0 fully saturated rings. The minimum Gasteiger partial charge on any atom is -0.452 e. The highest BCUT2D eigenvalue weighted by Gasteiger charge is 2.30. The number of imidazole rings is 1. The molecular formula is C20H14N2O4. The summed E-state index contributed by atoms with van der Waals surface area (Å²) in [6.07, 6.45) is 2.39. The van der Waals surface area contributed by atoms with Crippen LogP contribution in [0.2, 0.25) is 0 Å². The number of hydrogen-bond acceptors (Lipinski definition) is 5. The molecule has 6 heteroatoms. The van der Waals surface area contributed by atoms with Gasteiger partial charge in [0.1, 0.15) is 6.10 Å². The third kappa shape index (κ3) is 2.52. The molecule has 1 aromatic heterocycles. The number of esters is 1. The van der Waals surface area contributed by atoms with Crippen molar-refractivity contribution in [3.05, 3.63) is 88.5 Å². The van der Waals surface area contributed by atoms with Gasteiger partial charge in [-0.3, -0.25) is 9.59 Å². The number of H-pyrrole nitrogens is 1. The molecule has 26 heavy (non-hydrogen) atoms. The number of rotatable bonds is 3. The Morgan fingerprint density at radius 3 is 2.31 bits per heavy atom. The first-order valence-electron chi connectivity index (χ1n) is 8.09. The van der Waals surface area contributed by atoms with Crippen LogP contribution in [-0.2, 0) is 4.74 Å². The van der Waals surface area contributed by atoms with Gasteiger partial charge in [-0.15, -0.1) is 0 Å². The van der Waals surface area contributed by atoms with Crippen LogP contribution < -0.4 is 0 Å². The Balaban J connectivity index is 1.66. The molecule has 0 aliphatic heterocycles. The highest BCUT2D eigenvalue weighted by molar-refractivity contribution is 6.28. The van der Waals surface area contributed by atoms with Gasteiger partial charge in [0, 0.05) is 34.6 Å². The van der Waals surface area contributed by atoms with Crippen LogP contribution in [0.5, 0.6) is 0 Å². The van der Waals surface area contributed by atoms with E-state index in [-0.39, 0.29) is 17.4 Å². The Labute approximate surface area is 148 Å². The maximum atomic E-state index is 12.8. The van der Waals surface area contributed by atoms with E-state index in [4.69, 9.17) is 4.74 Å². The van der Waals surface area contributed by atoms with Crippen molar-refractivity contribution >= 4 is 17.5 Å². The van der Waals surface area contributed by atoms with Gasteiger partial charge in [-0.2, -0.15) is 0 Å². The zero-order chi connectivity index (χ0) is 18.3. The molecule has 0 radical (unpaired) electrons. The Morgan fingerprint density at radius 2 is 1.65 bits per heavy atom. The summed E-state index contributed by atoms with van der Waals surface area (Å²) >= 11 is 0. The van der Waals surface area contributed by atoms with E-state index in [1.807, 2.05) is 0 Å². The summed E-state index contributed by atoms with van der Waals surface area (Å²) in [6.45, 7) is 1.70. The molecule has 1 heterocycles. The summed E-state index contributed by atoms with van der Waals surface area (Å²) in [5.41, 5.74) is 2.12. The van der Waals surface area contributed by atoms with E-state index in [2.05, 4.69) is 9.97 Å². The second-order valence-electron chi connectivity index (χ2n) is 5.99. The quantitative estimate of drug-likeness (QED) is 0.576. The first-order chi connectivity index (χ1) is 12.6. The minimum absolute atomic E-state index is 0.106. The average molecular weight is 346 g/mol. The SMILES string of the molecule is CC(OC(=O)c1ncc[nH]1)c1ccc2c(c1)C(=O)c1ccccc1C2=O. The molecule has 0 saturated heterocycles. The standard InChI is InChI=1S/C20H14N2O4/c1-11(26-20(25)19-21-8-9-22-19)12-6-7-15-16(10-12)18(24)14-5-3-2-4-13(14)17(15)23/h2-11H,1H3,(H,21,22). The van der Waals surface area contributed by atoms with Gasteiger partial charge in [-0.1, -0.05) is 30.3 Å².